The zero-order chi connectivity index (χ0) is 26.5. The first-order valence-electron chi connectivity index (χ1n) is 11.6. The third-order valence-electron chi connectivity index (χ3n) is 6.16. The molecule has 0 aromatic heterocycles. The fourth-order valence-corrected chi connectivity index (χ4v) is 4.25. The molecule has 3 aromatic carbocycles. The minimum Gasteiger partial charge on any atom is -0.497 e. The van der Waals surface area contributed by atoms with Crippen molar-refractivity contribution in [3.63, 3.8) is 0 Å². The van der Waals surface area contributed by atoms with Gasteiger partial charge in [0, 0.05) is 30.2 Å². The van der Waals surface area contributed by atoms with E-state index >= 15 is 0 Å². The molecule has 8 nitrogen and oxygen atoms in total. The minimum atomic E-state index is -0.525. The van der Waals surface area contributed by atoms with Crippen LogP contribution >= 0.6 is 0 Å². The molecule has 2 amide bonds. The summed E-state index contributed by atoms with van der Waals surface area (Å²) in [4.78, 5) is 27.6. The van der Waals surface area contributed by atoms with Crippen LogP contribution in [0.5, 0.6) is 17.2 Å². The highest BCUT2D eigenvalue weighted by Gasteiger charge is 2.36. The molecule has 37 heavy (non-hydrogen) atoms. The largest absolute Gasteiger partial charge is 0.497 e. The summed E-state index contributed by atoms with van der Waals surface area (Å²) in [5.74, 6) is 0.453. The second-order valence-electron chi connectivity index (χ2n) is 8.52. The third-order valence-corrected chi connectivity index (χ3v) is 6.16. The van der Waals surface area contributed by atoms with Gasteiger partial charge in [-0.3, -0.25) is 9.59 Å². The number of halogens is 1. The van der Waals surface area contributed by atoms with Crippen molar-refractivity contribution in [3.8, 4) is 17.2 Å². The molecule has 0 radical (unpaired) electrons. The quantitative estimate of drug-likeness (QED) is 0.456. The number of carbonyl (C=O) groups is 2. The van der Waals surface area contributed by atoms with Gasteiger partial charge in [-0.1, -0.05) is 18.2 Å². The summed E-state index contributed by atoms with van der Waals surface area (Å²) in [7, 11) is 6.20. The summed E-state index contributed by atoms with van der Waals surface area (Å²) < 4.78 is 30.0. The molecule has 0 fully saturated rings. The van der Waals surface area contributed by atoms with Crippen molar-refractivity contribution in [1.82, 2.24) is 9.91 Å². The Balaban J connectivity index is 1.67. The van der Waals surface area contributed by atoms with Crippen molar-refractivity contribution >= 4 is 17.5 Å². The zero-order valence-electron chi connectivity index (χ0n) is 21.1. The normalized spacial score (nSPS) is 14.7. The molecule has 0 saturated carbocycles. The second kappa shape index (κ2) is 11.1. The molecule has 192 valence electrons. The molecule has 1 atom stereocenters. The van der Waals surface area contributed by atoms with Gasteiger partial charge in [0.05, 0.1) is 33.1 Å². The topological polar surface area (TPSA) is 80.7 Å². The number of amides is 2. The van der Waals surface area contributed by atoms with Crippen LogP contribution in [-0.4, -0.2) is 62.4 Å². The number of likely N-dealkylation sites (N-methyl/N-ethyl adjacent to an activating group) is 1. The number of nitrogens with zero attached hydrogens (tertiary/aromatic N) is 3. The standard InChI is InChI=1S/C28H28FN3O5/c1-31(28(34)19-8-5-9-20(29)13-19)17-27(33)32-25(23-15-22(36-3)11-12-26(23)37-4)16-24(30-32)18-7-6-10-21(14-18)35-2/h5-15,25H,16-17H2,1-4H3. The number of hydrazone groups is 1. The van der Waals surface area contributed by atoms with E-state index in [1.54, 1.807) is 33.5 Å². The Labute approximate surface area is 214 Å². The summed E-state index contributed by atoms with van der Waals surface area (Å²) in [6, 6.07) is 17.7. The van der Waals surface area contributed by atoms with Crippen molar-refractivity contribution in [2.24, 2.45) is 5.10 Å². The van der Waals surface area contributed by atoms with Crippen LogP contribution in [-0.2, 0) is 4.79 Å². The fraction of sp³-hybridized carbons (Fsp3) is 0.250. The van der Waals surface area contributed by atoms with Gasteiger partial charge in [-0.05, 0) is 48.5 Å². The molecule has 3 aromatic rings. The van der Waals surface area contributed by atoms with Crippen molar-refractivity contribution in [1.29, 1.82) is 0 Å². The van der Waals surface area contributed by atoms with Gasteiger partial charge in [0.1, 0.15) is 29.6 Å². The van der Waals surface area contributed by atoms with E-state index in [9.17, 15) is 14.0 Å². The summed E-state index contributed by atoms with van der Waals surface area (Å²) in [5, 5.41) is 6.05. The van der Waals surface area contributed by atoms with Gasteiger partial charge >= 0.3 is 0 Å². The van der Waals surface area contributed by atoms with Crippen molar-refractivity contribution in [2.45, 2.75) is 12.5 Å². The highest BCUT2D eigenvalue weighted by atomic mass is 19.1. The lowest BCUT2D eigenvalue weighted by molar-refractivity contribution is -0.133. The summed E-state index contributed by atoms with van der Waals surface area (Å²) in [5.41, 5.74) is 2.37. The van der Waals surface area contributed by atoms with Crippen LogP contribution in [0.4, 0.5) is 4.39 Å². The third kappa shape index (κ3) is 5.55. The Bertz CT molecular complexity index is 1340. The number of hydrogen-bond donors (Lipinski definition) is 0. The van der Waals surface area contributed by atoms with E-state index in [2.05, 4.69) is 5.10 Å². The van der Waals surface area contributed by atoms with E-state index in [4.69, 9.17) is 14.2 Å². The number of rotatable bonds is 8. The minimum absolute atomic E-state index is 0.156. The van der Waals surface area contributed by atoms with Crippen molar-refractivity contribution < 1.29 is 28.2 Å². The summed E-state index contributed by atoms with van der Waals surface area (Å²) in [6.45, 7) is -0.257. The van der Waals surface area contributed by atoms with Gasteiger partial charge in [-0.15, -0.1) is 0 Å². The predicted molar refractivity (Wildman–Crippen MR) is 137 cm³/mol. The number of carbonyl (C=O) groups excluding carboxylic acids is 2. The highest BCUT2D eigenvalue weighted by Crippen LogP contribution is 2.39. The first kappa shape index (κ1) is 25.7. The predicted octanol–water partition coefficient (Wildman–Crippen LogP) is 4.30. The van der Waals surface area contributed by atoms with Gasteiger partial charge in [0.2, 0.25) is 0 Å². The highest BCUT2D eigenvalue weighted by molar-refractivity contribution is 6.04. The average molecular weight is 506 g/mol. The number of methoxy groups -OCH3 is 3. The Kier molecular flexibility index (Phi) is 7.71. The molecule has 0 aliphatic carbocycles. The number of hydrogen-bond acceptors (Lipinski definition) is 6. The molecule has 1 heterocycles. The number of ether oxygens (including phenoxy) is 3. The van der Waals surface area contributed by atoms with Crippen LogP contribution in [0.15, 0.2) is 71.8 Å². The Morgan fingerprint density at radius 2 is 1.70 bits per heavy atom. The Morgan fingerprint density at radius 1 is 0.973 bits per heavy atom. The van der Waals surface area contributed by atoms with E-state index in [-0.39, 0.29) is 12.1 Å². The molecular weight excluding hydrogens is 477 g/mol. The van der Waals surface area contributed by atoms with Gasteiger partial charge in [0.15, 0.2) is 0 Å². The van der Waals surface area contributed by atoms with E-state index in [0.29, 0.717) is 29.4 Å². The van der Waals surface area contributed by atoms with E-state index in [1.807, 2.05) is 30.3 Å². The van der Waals surface area contributed by atoms with Gasteiger partial charge < -0.3 is 19.1 Å². The van der Waals surface area contributed by atoms with Gasteiger partial charge in [0.25, 0.3) is 11.8 Å². The molecule has 4 rings (SSSR count). The first-order valence-corrected chi connectivity index (χ1v) is 11.6. The van der Waals surface area contributed by atoms with Crippen LogP contribution in [0, 0.1) is 5.82 Å². The molecule has 0 saturated heterocycles. The molecule has 0 bridgehead atoms. The molecular formula is C28H28FN3O5. The first-order chi connectivity index (χ1) is 17.8. The lowest BCUT2D eigenvalue weighted by Gasteiger charge is -2.26. The van der Waals surface area contributed by atoms with E-state index < -0.39 is 23.7 Å². The fourth-order valence-electron chi connectivity index (χ4n) is 4.25. The summed E-state index contributed by atoms with van der Waals surface area (Å²) >= 11 is 0. The average Bonchev–Trinajstić information content (AvgIpc) is 3.38. The molecule has 1 unspecified atom stereocenters. The maximum atomic E-state index is 13.6. The Hall–Kier alpha value is -4.40. The number of benzene rings is 3. The van der Waals surface area contributed by atoms with Crippen molar-refractivity contribution in [3.05, 3.63) is 89.2 Å². The molecule has 1 aliphatic heterocycles. The van der Waals surface area contributed by atoms with Crippen LogP contribution in [0.1, 0.15) is 33.9 Å². The molecule has 1 aliphatic rings. The lowest BCUT2D eigenvalue weighted by atomic mass is 9.97. The van der Waals surface area contributed by atoms with Gasteiger partial charge in [-0.2, -0.15) is 5.10 Å². The van der Waals surface area contributed by atoms with Crippen LogP contribution < -0.4 is 14.2 Å². The van der Waals surface area contributed by atoms with E-state index in [1.165, 1.54) is 35.2 Å². The van der Waals surface area contributed by atoms with Crippen LogP contribution in [0.25, 0.3) is 0 Å². The van der Waals surface area contributed by atoms with Crippen molar-refractivity contribution in [2.75, 3.05) is 34.9 Å². The maximum Gasteiger partial charge on any atom is 0.262 e. The molecule has 9 heteroatoms. The summed E-state index contributed by atoms with van der Waals surface area (Å²) in [6.07, 6.45) is 0.407. The second-order valence-corrected chi connectivity index (χ2v) is 8.52. The van der Waals surface area contributed by atoms with Crippen LogP contribution in [0.2, 0.25) is 0 Å². The molecule has 0 spiro atoms. The molecule has 0 N–H and O–H groups in total. The van der Waals surface area contributed by atoms with Gasteiger partial charge in [-0.25, -0.2) is 9.40 Å². The lowest BCUT2D eigenvalue weighted by Crippen LogP contribution is -2.39. The Morgan fingerprint density at radius 3 is 2.41 bits per heavy atom. The maximum absolute atomic E-state index is 13.6. The zero-order valence-corrected chi connectivity index (χ0v) is 21.1. The smallest absolute Gasteiger partial charge is 0.262 e. The van der Waals surface area contributed by atoms with Crippen LogP contribution in [0.3, 0.4) is 0 Å². The monoisotopic (exact) mass is 505 g/mol. The van der Waals surface area contributed by atoms with E-state index in [0.717, 1.165) is 17.2 Å². The SMILES string of the molecule is COc1cccc(C2=NN(C(=O)CN(C)C(=O)c3cccc(F)c3)C(c3cc(OC)ccc3OC)C2)c1.